The lowest BCUT2D eigenvalue weighted by molar-refractivity contribution is 0.520. The van der Waals surface area contributed by atoms with Gasteiger partial charge in [0.05, 0.1) is 0 Å². The molecule has 1 atom stereocenters. The van der Waals surface area contributed by atoms with E-state index >= 15 is 0 Å². The molecule has 62 valence electrons. The molecule has 2 N–H and O–H groups in total. The summed E-state index contributed by atoms with van der Waals surface area (Å²) in [5.74, 6) is 0.505. The van der Waals surface area contributed by atoms with E-state index in [4.69, 9.17) is 5.73 Å². The van der Waals surface area contributed by atoms with Crippen LogP contribution in [-0.4, -0.2) is 0 Å². The molecule has 0 aliphatic rings. The number of halogens is 1. The molecule has 0 fully saturated rings. The molecule has 1 nitrogen and oxygen atoms in total. The summed E-state index contributed by atoms with van der Waals surface area (Å²) in [6.45, 7) is 4.27. The Bertz CT molecular complexity index is 232. The van der Waals surface area contributed by atoms with E-state index in [-0.39, 0.29) is 6.04 Å². The lowest BCUT2D eigenvalue weighted by Gasteiger charge is -2.13. The predicted octanol–water partition coefficient (Wildman–Crippen LogP) is 3.17. The molecule has 0 aliphatic carbocycles. The molecule has 0 saturated heterocycles. The fourth-order valence-corrected chi connectivity index (χ4v) is 2.66. The van der Waals surface area contributed by atoms with Crippen molar-refractivity contribution in [2.75, 3.05) is 0 Å². The summed E-state index contributed by atoms with van der Waals surface area (Å²) in [5.41, 5.74) is 5.96. The summed E-state index contributed by atoms with van der Waals surface area (Å²) in [7, 11) is 0. The molecule has 0 radical (unpaired) electrons. The van der Waals surface area contributed by atoms with E-state index in [1.807, 2.05) is 6.07 Å². The number of hydrogen-bond donors (Lipinski definition) is 1. The van der Waals surface area contributed by atoms with Crippen molar-refractivity contribution in [3.05, 3.63) is 20.8 Å². The molecular formula is C8H12BrNS. The van der Waals surface area contributed by atoms with Crippen molar-refractivity contribution in [2.45, 2.75) is 19.9 Å². The molecular weight excluding hydrogens is 222 g/mol. The lowest BCUT2D eigenvalue weighted by atomic mass is 10.0. The average Bonchev–Trinajstić information content (AvgIpc) is 2.33. The minimum absolute atomic E-state index is 0.171. The molecule has 0 spiro atoms. The zero-order valence-corrected chi connectivity index (χ0v) is 9.08. The van der Waals surface area contributed by atoms with Gasteiger partial charge in [0.15, 0.2) is 0 Å². The second-order valence-corrected chi connectivity index (χ2v) is 4.70. The quantitative estimate of drug-likeness (QED) is 0.835. The lowest BCUT2D eigenvalue weighted by Crippen LogP contribution is -2.15. The Hall–Kier alpha value is 0.140. The van der Waals surface area contributed by atoms with Crippen LogP contribution >= 0.6 is 27.3 Å². The fourth-order valence-electron chi connectivity index (χ4n) is 0.846. The van der Waals surface area contributed by atoms with Crippen LogP contribution in [0.3, 0.4) is 0 Å². The number of hydrogen-bond acceptors (Lipinski definition) is 2. The molecule has 0 amide bonds. The molecule has 0 aromatic carbocycles. The Balaban J connectivity index is 2.84. The Labute approximate surface area is 79.7 Å². The molecule has 11 heavy (non-hydrogen) atoms. The van der Waals surface area contributed by atoms with Gasteiger partial charge in [-0.05, 0) is 33.3 Å². The van der Waals surface area contributed by atoms with E-state index in [9.17, 15) is 0 Å². The largest absolute Gasteiger partial charge is 0.323 e. The molecule has 0 aliphatic heterocycles. The third kappa shape index (κ3) is 2.04. The Morgan fingerprint density at radius 3 is 2.55 bits per heavy atom. The molecule has 0 unspecified atom stereocenters. The Kier molecular flexibility index (Phi) is 3.10. The van der Waals surface area contributed by atoms with Gasteiger partial charge >= 0.3 is 0 Å². The maximum atomic E-state index is 5.96. The average molecular weight is 234 g/mol. The summed E-state index contributed by atoms with van der Waals surface area (Å²) in [4.78, 5) is 1.25. The first-order chi connectivity index (χ1) is 5.13. The highest BCUT2D eigenvalue weighted by molar-refractivity contribution is 9.10. The van der Waals surface area contributed by atoms with Crippen molar-refractivity contribution < 1.29 is 0 Å². The van der Waals surface area contributed by atoms with Crippen LogP contribution in [0.1, 0.15) is 24.8 Å². The van der Waals surface area contributed by atoms with Crippen LogP contribution in [-0.2, 0) is 0 Å². The normalized spacial score (nSPS) is 13.9. The van der Waals surface area contributed by atoms with Crippen molar-refractivity contribution in [3.63, 3.8) is 0 Å². The molecule has 1 aromatic rings. The van der Waals surface area contributed by atoms with Crippen molar-refractivity contribution >= 4 is 27.3 Å². The first-order valence-corrected chi connectivity index (χ1v) is 5.28. The van der Waals surface area contributed by atoms with Crippen LogP contribution in [0.15, 0.2) is 15.9 Å². The third-order valence-electron chi connectivity index (χ3n) is 1.67. The second-order valence-electron chi connectivity index (χ2n) is 2.90. The maximum Gasteiger partial charge on any atom is 0.0424 e. The van der Waals surface area contributed by atoms with Gasteiger partial charge in [0, 0.05) is 15.4 Å². The highest BCUT2D eigenvalue weighted by Gasteiger charge is 2.14. The van der Waals surface area contributed by atoms with Gasteiger partial charge in [-0.2, -0.15) is 0 Å². The van der Waals surface area contributed by atoms with Crippen LogP contribution in [0, 0.1) is 5.92 Å². The monoisotopic (exact) mass is 233 g/mol. The SMILES string of the molecule is CC(C)[C@H](N)c1sccc1Br. The smallest absolute Gasteiger partial charge is 0.0424 e. The van der Waals surface area contributed by atoms with Gasteiger partial charge in [-0.25, -0.2) is 0 Å². The van der Waals surface area contributed by atoms with Gasteiger partial charge in [-0.15, -0.1) is 11.3 Å². The van der Waals surface area contributed by atoms with E-state index in [2.05, 4.69) is 35.2 Å². The van der Waals surface area contributed by atoms with Crippen molar-refractivity contribution in [1.29, 1.82) is 0 Å². The highest BCUT2D eigenvalue weighted by atomic mass is 79.9. The Morgan fingerprint density at radius 1 is 1.55 bits per heavy atom. The van der Waals surface area contributed by atoms with Crippen molar-refractivity contribution in [3.8, 4) is 0 Å². The minimum atomic E-state index is 0.171. The van der Waals surface area contributed by atoms with E-state index in [1.165, 1.54) is 4.88 Å². The van der Waals surface area contributed by atoms with Crippen molar-refractivity contribution in [1.82, 2.24) is 0 Å². The van der Waals surface area contributed by atoms with Gasteiger partial charge in [0.25, 0.3) is 0 Å². The minimum Gasteiger partial charge on any atom is -0.323 e. The van der Waals surface area contributed by atoms with Crippen molar-refractivity contribution in [2.24, 2.45) is 11.7 Å². The van der Waals surface area contributed by atoms with Gasteiger partial charge in [-0.3, -0.25) is 0 Å². The maximum absolute atomic E-state index is 5.96. The van der Waals surface area contributed by atoms with E-state index in [1.54, 1.807) is 11.3 Å². The summed E-state index contributed by atoms with van der Waals surface area (Å²) >= 11 is 5.18. The number of thiophene rings is 1. The zero-order valence-electron chi connectivity index (χ0n) is 6.67. The van der Waals surface area contributed by atoms with Gasteiger partial charge in [-0.1, -0.05) is 13.8 Å². The number of nitrogens with two attached hydrogens (primary N) is 1. The van der Waals surface area contributed by atoms with Gasteiger partial charge in [0.1, 0.15) is 0 Å². The summed E-state index contributed by atoms with van der Waals surface area (Å²) < 4.78 is 1.14. The standard InChI is InChI=1S/C8H12BrNS/c1-5(2)7(10)8-6(9)3-4-11-8/h3-5,7H,10H2,1-2H3/t7-/m0/s1. The first kappa shape index (κ1) is 9.23. The van der Waals surface area contributed by atoms with Crippen LogP contribution < -0.4 is 5.73 Å². The molecule has 3 heteroatoms. The highest BCUT2D eigenvalue weighted by Crippen LogP contribution is 2.31. The van der Waals surface area contributed by atoms with E-state index in [0.29, 0.717) is 5.92 Å². The molecule has 0 saturated carbocycles. The summed E-state index contributed by atoms with van der Waals surface area (Å²) in [6.07, 6.45) is 0. The molecule has 1 rings (SSSR count). The van der Waals surface area contributed by atoms with Gasteiger partial charge in [0.2, 0.25) is 0 Å². The van der Waals surface area contributed by atoms with Crippen LogP contribution in [0.2, 0.25) is 0 Å². The molecule has 1 heterocycles. The zero-order chi connectivity index (χ0) is 8.43. The number of rotatable bonds is 2. The third-order valence-corrected chi connectivity index (χ3v) is 3.64. The van der Waals surface area contributed by atoms with Crippen LogP contribution in [0.25, 0.3) is 0 Å². The van der Waals surface area contributed by atoms with Gasteiger partial charge < -0.3 is 5.73 Å². The predicted molar refractivity (Wildman–Crippen MR) is 53.8 cm³/mol. The van der Waals surface area contributed by atoms with E-state index < -0.39 is 0 Å². The topological polar surface area (TPSA) is 26.0 Å². The van der Waals surface area contributed by atoms with Crippen LogP contribution in [0.4, 0.5) is 0 Å². The first-order valence-electron chi connectivity index (χ1n) is 3.61. The second kappa shape index (κ2) is 3.70. The van der Waals surface area contributed by atoms with E-state index in [0.717, 1.165) is 4.47 Å². The fraction of sp³-hybridized carbons (Fsp3) is 0.500. The molecule has 0 bridgehead atoms. The summed E-state index contributed by atoms with van der Waals surface area (Å²) in [5, 5.41) is 2.06. The van der Waals surface area contributed by atoms with Crippen LogP contribution in [0.5, 0.6) is 0 Å². The molecule has 1 aromatic heterocycles. The summed E-state index contributed by atoms with van der Waals surface area (Å²) in [6, 6.07) is 2.21. The Morgan fingerprint density at radius 2 is 2.18 bits per heavy atom.